The molecular weight excluding hydrogens is 514 g/mol. The molecule has 0 atom stereocenters. The average molecular weight is 550 g/mol. The van der Waals surface area contributed by atoms with Crippen molar-refractivity contribution in [3.05, 3.63) is 101 Å². The van der Waals surface area contributed by atoms with E-state index in [9.17, 15) is 9.59 Å². The van der Waals surface area contributed by atoms with Gasteiger partial charge in [0.25, 0.3) is 11.8 Å². The molecule has 210 valence electrons. The molecule has 4 aromatic rings. The third kappa shape index (κ3) is 7.54. The number of hydrogen-bond donors (Lipinski definition) is 4. The Kier molecular flexibility index (Phi) is 8.47. The fourth-order valence-electron chi connectivity index (χ4n) is 4.05. The Balaban J connectivity index is 1.45. The Hall–Kier alpha value is -5.05. The number of carbonyl (C=O) groups excluding carboxylic acids is 2. The normalized spacial score (nSPS) is 11.0. The van der Waals surface area contributed by atoms with E-state index in [2.05, 4.69) is 58.3 Å². The molecule has 0 aliphatic heterocycles. The van der Waals surface area contributed by atoms with Gasteiger partial charge in [-0.05, 0) is 72.4 Å². The molecule has 0 aliphatic rings. The largest absolute Gasteiger partial charge is 0.368 e. The molecule has 0 fully saturated rings. The molecular formula is C32H35N7O2. The van der Waals surface area contributed by atoms with Gasteiger partial charge in [0, 0.05) is 34.6 Å². The summed E-state index contributed by atoms with van der Waals surface area (Å²) in [7, 11) is 0. The number of rotatable bonds is 8. The van der Waals surface area contributed by atoms with Gasteiger partial charge in [-0.1, -0.05) is 57.7 Å². The third-order valence-corrected chi connectivity index (χ3v) is 6.47. The van der Waals surface area contributed by atoms with E-state index in [1.807, 2.05) is 55.5 Å². The van der Waals surface area contributed by atoms with Crippen LogP contribution in [-0.4, -0.2) is 26.8 Å². The molecule has 0 bridgehead atoms. The molecule has 9 nitrogen and oxygen atoms in total. The number of anilines is 4. The molecule has 1 heterocycles. The first kappa shape index (κ1) is 28.9. The molecule has 41 heavy (non-hydrogen) atoms. The zero-order chi connectivity index (χ0) is 29.7. The van der Waals surface area contributed by atoms with Crippen LogP contribution in [0.1, 0.15) is 54.7 Å². The van der Waals surface area contributed by atoms with E-state index in [-0.39, 0.29) is 29.1 Å². The standard InChI is InChI=1S/C32H35N7O2/c1-19(2)28(40)35-25-8-7-9-26(17-25)36-31-38-27(37-30(33)39-31)22-10-11-23(20(3)16-22)18-34-29(41)21-12-14-24(15-13-21)32(4,5)6/h7-17H,1,18H2,2-6H3,(H,34,41)(H,35,40)(H3,33,36,37,38,39). The molecule has 1 aromatic heterocycles. The van der Waals surface area contributed by atoms with Gasteiger partial charge < -0.3 is 21.7 Å². The third-order valence-electron chi connectivity index (χ3n) is 6.47. The molecule has 0 saturated carbocycles. The molecule has 4 rings (SSSR count). The van der Waals surface area contributed by atoms with Crippen molar-refractivity contribution in [2.75, 3.05) is 16.4 Å². The monoisotopic (exact) mass is 549 g/mol. The smallest absolute Gasteiger partial charge is 0.251 e. The summed E-state index contributed by atoms with van der Waals surface area (Å²) in [6.45, 7) is 14.1. The predicted molar refractivity (Wildman–Crippen MR) is 164 cm³/mol. The Labute approximate surface area is 240 Å². The summed E-state index contributed by atoms with van der Waals surface area (Å²) >= 11 is 0. The zero-order valence-corrected chi connectivity index (χ0v) is 24.0. The second kappa shape index (κ2) is 12.0. The van der Waals surface area contributed by atoms with Crippen molar-refractivity contribution in [2.24, 2.45) is 0 Å². The molecule has 5 N–H and O–H groups in total. The van der Waals surface area contributed by atoms with E-state index in [4.69, 9.17) is 5.73 Å². The zero-order valence-electron chi connectivity index (χ0n) is 24.0. The number of nitrogens with one attached hydrogen (secondary N) is 3. The number of carbonyl (C=O) groups is 2. The van der Waals surface area contributed by atoms with Crippen molar-refractivity contribution in [1.82, 2.24) is 20.3 Å². The Morgan fingerprint density at radius 3 is 2.29 bits per heavy atom. The van der Waals surface area contributed by atoms with Crippen LogP contribution in [0.4, 0.5) is 23.3 Å². The highest BCUT2D eigenvalue weighted by Gasteiger charge is 2.15. The highest BCUT2D eigenvalue weighted by molar-refractivity contribution is 6.03. The van der Waals surface area contributed by atoms with E-state index in [0.29, 0.717) is 34.9 Å². The maximum absolute atomic E-state index is 12.7. The van der Waals surface area contributed by atoms with Crippen LogP contribution in [0, 0.1) is 6.92 Å². The van der Waals surface area contributed by atoms with Gasteiger partial charge in [-0.25, -0.2) is 0 Å². The van der Waals surface area contributed by atoms with Crippen molar-refractivity contribution in [1.29, 1.82) is 0 Å². The van der Waals surface area contributed by atoms with Crippen LogP contribution in [0.5, 0.6) is 0 Å². The minimum Gasteiger partial charge on any atom is -0.368 e. The maximum atomic E-state index is 12.7. The highest BCUT2D eigenvalue weighted by atomic mass is 16.2. The quantitative estimate of drug-likeness (QED) is 0.201. The summed E-state index contributed by atoms with van der Waals surface area (Å²) in [4.78, 5) is 37.7. The Bertz CT molecular complexity index is 1610. The van der Waals surface area contributed by atoms with E-state index in [0.717, 1.165) is 16.7 Å². The van der Waals surface area contributed by atoms with Crippen molar-refractivity contribution >= 4 is 35.1 Å². The minimum absolute atomic E-state index is 0.0304. The van der Waals surface area contributed by atoms with Gasteiger partial charge in [-0.3, -0.25) is 9.59 Å². The number of nitrogens with two attached hydrogens (primary N) is 1. The minimum atomic E-state index is -0.262. The molecule has 2 amide bonds. The number of benzene rings is 3. The van der Waals surface area contributed by atoms with Crippen LogP contribution in [0.25, 0.3) is 11.4 Å². The van der Waals surface area contributed by atoms with Crippen molar-refractivity contribution in [3.8, 4) is 11.4 Å². The van der Waals surface area contributed by atoms with Gasteiger partial charge in [0.1, 0.15) is 0 Å². The number of amides is 2. The number of nitrogens with zero attached hydrogens (tertiary/aromatic N) is 3. The van der Waals surface area contributed by atoms with Gasteiger partial charge in [0.2, 0.25) is 11.9 Å². The van der Waals surface area contributed by atoms with Crippen LogP contribution in [-0.2, 0) is 16.8 Å². The first-order chi connectivity index (χ1) is 19.4. The van der Waals surface area contributed by atoms with E-state index in [1.165, 1.54) is 5.56 Å². The van der Waals surface area contributed by atoms with Crippen molar-refractivity contribution in [2.45, 2.75) is 46.6 Å². The van der Waals surface area contributed by atoms with E-state index < -0.39 is 0 Å². The molecule has 9 heteroatoms. The lowest BCUT2D eigenvalue weighted by Gasteiger charge is -2.19. The van der Waals surface area contributed by atoms with Crippen LogP contribution in [0.2, 0.25) is 0 Å². The lowest BCUT2D eigenvalue weighted by molar-refractivity contribution is -0.112. The summed E-state index contributed by atoms with van der Waals surface area (Å²) in [5, 5.41) is 8.90. The number of aryl methyl sites for hydroxylation is 1. The van der Waals surface area contributed by atoms with Gasteiger partial charge in [-0.15, -0.1) is 0 Å². The summed E-state index contributed by atoms with van der Waals surface area (Å²) in [5.74, 6) is 0.350. The van der Waals surface area contributed by atoms with Gasteiger partial charge in [0.15, 0.2) is 5.82 Å². The van der Waals surface area contributed by atoms with Crippen molar-refractivity contribution in [3.63, 3.8) is 0 Å². The lowest BCUT2D eigenvalue weighted by atomic mass is 9.87. The summed E-state index contributed by atoms with van der Waals surface area (Å²) < 4.78 is 0. The fraction of sp³-hybridized carbons (Fsp3) is 0.219. The second-order valence-corrected chi connectivity index (χ2v) is 10.9. The molecule has 0 radical (unpaired) electrons. The van der Waals surface area contributed by atoms with Gasteiger partial charge >= 0.3 is 0 Å². The summed E-state index contributed by atoms with van der Waals surface area (Å²) in [5.41, 5.74) is 12.2. The molecule has 3 aromatic carbocycles. The van der Waals surface area contributed by atoms with E-state index in [1.54, 1.807) is 25.1 Å². The highest BCUT2D eigenvalue weighted by Crippen LogP contribution is 2.24. The average Bonchev–Trinajstić information content (AvgIpc) is 2.91. The van der Waals surface area contributed by atoms with Gasteiger partial charge in [-0.2, -0.15) is 15.0 Å². The Morgan fingerprint density at radius 2 is 1.63 bits per heavy atom. The Morgan fingerprint density at radius 1 is 0.927 bits per heavy atom. The first-order valence-electron chi connectivity index (χ1n) is 13.2. The van der Waals surface area contributed by atoms with Crippen LogP contribution in [0.15, 0.2) is 78.9 Å². The maximum Gasteiger partial charge on any atom is 0.251 e. The predicted octanol–water partition coefficient (Wildman–Crippen LogP) is 5.91. The second-order valence-electron chi connectivity index (χ2n) is 10.9. The number of aromatic nitrogens is 3. The molecule has 0 spiro atoms. The molecule has 0 unspecified atom stereocenters. The first-order valence-corrected chi connectivity index (χ1v) is 13.2. The number of hydrogen-bond acceptors (Lipinski definition) is 7. The van der Waals surface area contributed by atoms with Crippen LogP contribution < -0.4 is 21.7 Å². The summed E-state index contributed by atoms with van der Waals surface area (Å²) in [6, 6.07) is 20.6. The topological polar surface area (TPSA) is 135 Å². The lowest BCUT2D eigenvalue weighted by Crippen LogP contribution is -2.23. The van der Waals surface area contributed by atoms with Crippen LogP contribution in [0.3, 0.4) is 0 Å². The fourth-order valence-corrected chi connectivity index (χ4v) is 4.05. The molecule has 0 saturated heterocycles. The van der Waals surface area contributed by atoms with Crippen LogP contribution >= 0.6 is 0 Å². The number of nitrogen functional groups attached to an aromatic ring is 1. The van der Waals surface area contributed by atoms with E-state index >= 15 is 0 Å². The molecule has 0 aliphatic carbocycles. The summed E-state index contributed by atoms with van der Waals surface area (Å²) in [6.07, 6.45) is 0. The van der Waals surface area contributed by atoms with Gasteiger partial charge in [0.05, 0.1) is 0 Å². The van der Waals surface area contributed by atoms with Crippen molar-refractivity contribution < 1.29 is 9.59 Å². The SMILES string of the molecule is C=C(C)C(=O)Nc1cccc(Nc2nc(N)nc(-c3ccc(CNC(=O)c4ccc(C(C)(C)C)cc4)c(C)c3)n2)c1.